The molecule has 0 aromatic carbocycles. The van der Waals surface area contributed by atoms with Crippen molar-refractivity contribution in [1.29, 1.82) is 0 Å². The van der Waals surface area contributed by atoms with Crippen LogP contribution in [0.1, 0.15) is 0 Å². The highest BCUT2D eigenvalue weighted by Crippen LogP contribution is 2.69. The maximum atomic E-state index is 9.75. The summed E-state index contributed by atoms with van der Waals surface area (Å²) in [6.07, 6.45) is 15.5. The van der Waals surface area contributed by atoms with E-state index in [0.29, 0.717) is 52.4 Å². The zero-order valence-electron chi connectivity index (χ0n) is 20.3. The van der Waals surface area contributed by atoms with Gasteiger partial charge in [-0.2, -0.15) is 0 Å². The van der Waals surface area contributed by atoms with Gasteiger partial charge in [-0.25, -0.2) is 0 Å². The second-order valence-electron chi connectivity index (χ2n) is 6.83. The Kier molecular flexibility index (Phi) is 19.4. The summed E-state index contributed by atoms with van der Waals surface area (Å²) in [4.78, 5) is 0. The molecule has 0 aromatic rings. The van der Waals surface area contributed by atoms with Gasteiger partial charge in [0, 0.05) is 0 Å². The van der Waals surface area contributed by atoms with Crippen LogP contribution >= 0.6 is 7.87 Å². The largest absolute Gasteiger partial charge is 0.673 e. The first-order valence-electron chi connectivity index (χ1n) is 10.7. The van der Waals surface area contributed by atoms with Crippen LogP contribution in [0, 0.1) is 0 Å². The van der Waals surface area contributed by atoms with Gasteiger partial charge < -0.3 is 17.3 Å². The first-order valence-corrected chi connectivity index (χ1v) is 12.3. The van der Waals surface area contributed by atoms with Gasteiger partial charge in [0.2, 0.25) is 0 Å². The summed E-state index contributed by atoms with van der Waals surface area (Å²) in [5.74, 6) is 0. The van der Waals surface area contributed by atoms with Crippen molar-refractivity contribution in [1.82, 2.24) is 18.7 Å². The standard InChI is InChI=1S/C24H40N4P.BF4/c1-9-17-25(18-10-2)29(26(19-11-3)20-12-4,27(21-13-5)22-14-6)28(23-15-7)24-16-8;2-1(3,4)5/h9-16H,1-8,17-24H2;/q+1;-1. The van der Waals surface area contributed by atoms with Crippen LogP contribution < -0.4 is 0 Å². The van der Waals surface area contributed by atoms with Crippen molar-refractivity contribution in [3.63, 3.8) is 0 Å². The van der Waals surface area contributed by atoms with Crippen LogP contribution in [0.4, 0.5) is 17.3 Å². The van der Waals surface area contributed by atoms with Gasteiger partial charge in [-0.15, -0.1) is 71.3 Å². The summed E-state index contributed by atoms with van der Waals surface area (Å²) in [7, 11) is -8.31. The summed E-state index contributed by atoms with van der Waals surface area (Å²) in [5.41, 5.74) is 0. The van der Waals surface area contributed by atoms with Crippen LogP contribution in [0.25, 0.3) is 0 Å². The van der Waals surface area contributed by atoms with Crippen molar-refractivity contribution in [2.75, 3.05) is 52.4 Å². The minimum atomic E-state index is -6.00. The molecule has 4 nitrogen and oxygen atoms in total. The molecule has 34 heavy (non-hydrogen) atoms. The van der Waals surface area contributed by atoms with E-state index in [-0.39, 0.29) is 0 Å². The van der Waals surface area contributed by atoms with E-state index >= 15 is 0 Å². The molecule has 192 valence electrons. The minimum Gasteiger partial charge on any atom is -0.418 e. The first kappa shape index (κ1) is 34.1. The van der Waals surface area contributed by atoms with Crippen molar-refractivity contribution in [2.24, 2.45) is 0 Å². The average molecular weight is 502 g/mol. The third-order valence-corrected chi connectivity index (χ3v) is 8.58. The lowest BCUT2D eigenvalue weighted by molar-refractivity contribution is 0.297. The van der Waals surface area contributed by atoms with Crippen molar-refractivity contribution in [2.45, 2.75) is 0 Å². The van der Waals surface area contributed by atoms with Gasteiger partial charge in [-0.1, -0.05) is 48.6 Å². The highest BCUT2D eigenvalue weighted by Gasteiger charge is 2.59. The average Bonchev–Trinajstić information content (AvgIpc) is 2.74. The Morgan fingerprint density at radius 2 is 0.529 bits per heavy atom. The summed E-state index contributed by atoms with van der Waals surface area (Å²) in [5, 5.41) is 0. The molecule has 0 unspecified atom stereocenters. The van der Waals surface area contributed by atoms with Crippen LogP contribution in [0.2, 0.25) is 0 Å². The lowest BCUT2D eigenvalue weighted by atomic mass is 10.3. The molecule has 10 heteroatoms. The predicted molar refractivity (Wildman–Crippen MR) is 145 cm³/mol. The third kappa shape index (κ3) is 11.9. The van der Waals surface area contributed by atoms with Crippen LogP contribution in [0.5, 0.6) is 0 Å². The Morgan fingerprint density at radius 1 is 0.412 bits per heavy atom. The molecular formula is C24H40BF4N4P. The molecule has 0 N–H and O–H groups in total. The van der Waals surface area contributed by atoms with E-state index in [1.165, 1.54) is 0 Å². The fourth-order valence-electron chi connectivity index (χ4n) is 3.44. The van der Waals surface area contributed by atoms with E-state index in [9.17, 15) is 17.3 Å². The van der Waals surface area contributed by atoms with Gasteiger partial charge in [0.1, 0.15) is 0 Å². The molecule has 0 spiro atoms. The number of nitrogens with zero attached hydrogens (tertiary/aromatic N) is 4. The van der Waals surface area contributed by atoms with Crippen LogP contribution in [-0.4, -0.2) is 78.3 Å². The van der Waals surface area contributed by atoms with Gasteiger partial charge in [-0.05, 0) is 0 Å². The van der Waals surface area contributed by atoms with Crippen LogP contribution in [0.3, 0.4) is 0 Å². The van der Waals surface area contributed by atoms with E-state index in [1.807, 2.05) is 48.6 Å². The van der Waals surface area contributed by atoms with Gasteiger partial charge in [-0.3, -0.25) is 0 Å². The van der Waals surface area contributed by atoms with Gasteiger partial charge >= 0.3 is 15.1 Å². The Hall–Kier alpha value is -2.03. The summed E-state index contributed by atoms with van der Waals surface area (Å²) in [6.45, 7) is 37.8. The first-order chi connectivity index (χ1) is 16.1. The molecule has 0 amide bonds. The molecule has 0 atom stereocenters. The second-order valence-corrected chi connectivity index (χ2v) is 10.2. The van der Waals surface area contributed by atoms with E-state index in [4.69, 9.17) is 0 Å². The molecular weight excluding hydrogens is 462 g/mol. The quantitative estimate of drug-likeness (QED) is 0.0799. The molecule has 0 aromatic heterocycles. The van der Waals surface area contributed by atoms with E-state index in [0.717, 1.165) is 0 Å². The third-order valence-electron chi connectivity index (χ3n) is 4.24. The highest BCUT2D eigenvalue weighted by molar-refractivity contribution is 7.66. The fourth-order valence-corrected chi connectivity index (χ4v) is 8.26. The lowest BCUT2D eigenvalue weighted by Gasteiger charge is -2.50. The molecule has 0 heterocycles. The van der Waals surface area contributed by atoms with Crippen LogP contribution in [0.15, 0.2) is 101 Å². The molecule has 0 rings (SSSR count). The minimum absolute atomic E-state index is 0.708. The summed E-state index contributed by atoms with van der Waals surface area (Å²) >= 11 is 0. The topological polar surface area (TPSA) is 13.0 Å². The van der Waals surface area contributed by atoms with Gasteiger partial charge in [0.25, 0.3) is 0 Å². The normalized spacial score (nSPS) is 11.5. The highest BCUT2D eigenvalue weighted by atomic mass is 31.2. The number of hydrogen-bond acceptors (Lipinski definition) is 4. The zero-order chi connectivity index (χ0) is 26.6. The van der Waals surface area contributed by atoms with E-state index < -0.39 is 15.1 Å². The van der Waals surface area contributed by atoms with Gasteiger partial charge in [0.15, 0.2) is 0 Å². The molecule has 0 aliphatic rings. The lowest BCUT2D eigenvalue weighted by Crippen LogP contribution is -2.53. The molecule has 0 aliphatic carbocycles. The molecule has 0 aliphatic heterocycles. The number of hydrogen-bond donors (Lipinski definition) is 0. The molecule has 0 saturated carbocycles. The maximum absolute atomic E-state index is 9.75. The molecule has 0 bridgehead atoms. The monoisotopic (exact) mass is 502 g/mol. The second kappa shape index (κ2) is 19.3. The van der Waals surface area contributed by atoms with Crippen LogP contribution in [-0.2, 0) is 0 Å². The van der Waals surface area contributed by atoms with Crippen molar-refractivity contribution >= 4 is 15.1 Å². The maximum Gasteiger partial charge on any atom is 0.673 e. The Balaban J connectivity index is 0. The summed E-state index contributed by atoms with van der Waals surface area (Å²) < 4.78 is 48.8. The predicted octanol–water partition coefficient (Wildman–Crippen LogP) is 6.66. The number of rotatable bonds is 20. The molecule has 0 fully saturated rings. The van der Waals surface area contributed by atoms with Gasteiger partial charge in [0.05, 0.1) is 52.4 Å². The SMILES string of the molecule is C=CCN(CC=C)[P+](N(CC=C)CC=C)(N(CC=C)CC=C)N(CC=C)CC=C.F[B-](F)(F)F. The van der Waals surface area contributed by atoms with E-state index in [2.05, 4.69) is 71.3 Å². The Morgan fingerprint density at radius 3 is 0.618 bits per heavy atom. The number of halogens is 4. The fraction of sp³-hybridized carbons (Fsp3) is 0.333. The van der Waals surface area contributed by atoms with E-state index in [1.54, 1.807) is 0 Å². The Bertz CT molecular complexity index is 522. The smallest absolute Gasteiger partial charge is 0.418 e. The molecule has 0 radical (unpaired) electrons. The van der Waals surface area contributed by atoms with Crippen molar-refractivity contribution < 1.29 is 17.3 Å². The Labute approximate surface area is 204 Å². The molecule has 0 saturated heterocycles. The zero-order valence-corrected chi connectivity index (χ0v) is 21.2. The summed E-state index contributed by atoms with van der Waals surface area (Å²) in [6, 6.07) is 0. The van der Waals surface area contributed by atoms with Crippen molar-refractivity contribution in [3.05, 3.63) is 101 Å². The van der Waals surface area contributed by atoms with Crippen molar-refractivity contribution in [3.8, 4) is 0 Å².